The van der Waals surface area contributed by atoms with Crippen molar-refractivity contribution >= 4 is 37.3 Å². The van der Waals surface area contributed by atoms with Crippen LogP contribution in [0.25, 0.3) is 0 Å². The summed E-state index contributed by atoms with van der Waals surface area (Å²) < 4.78 is 27.4. The SMILES string of the molecule is Cc1ccc(Br)cc1S(=O)(=O)Nc1cc([N+](=O)[O-])ccc1[O-]. The predicted octanol–water partition coefficient (Wildman–Crippen LogP) is 2.54. The molecule has 2 rings (SSSR count). The first-order valence-electron chi connectivity index (χ1n) is 5.95. The fourth-order valence-electron chi connectivity index (χ4n) is 1.77. The molecule has 0 unspecified atom stereocenters. The van der Waals surface area contributed by atoms with Gasteiger partial charge in [-0.05, 0) is 24.6 Å². The third kappa shape index (κ3) is 3.37. The van der Waals surface area contributed by atoms with E-state index < -0.39 is 20.7 Å². The molecule has 0 aliphatic carbocycles. The molecular weight excluding hydrogens is 376 g/mol. The number of nitrogens with zero attached hydrogens (tertiary/aromatic N) is 1. The Hall–Kier alpha value is -2.13. The fraction of sp³-hybridized carbons (Fsp3) is 0.0769. The third-order valence-corrected chi connectivity index (χ3v) is 4.86. The van der Waals surface area contributed by atoms with E-state index in [1.165, 1.54) is 6.07 Å². The van der Waals surface area contributed by atoms with Gasteiger partial charge in [-0.15, -0.1) is 0 Å². The molecule has 0 amide bonds. The molecule has 0 atom stereocenters. The molecule has 0 saturated heterocycles. The number of aryl methyl sites for hydroxylation is 1. The molecule has 0 aliphatic rings. The summed E-state index contributed by atoms with van der Waals surface area (Å²) in [5, 5.41) is 22.4. The Labute approximate surface area is 134 Å². The monoisotopic (exact) mass is 385 g/mol. The van der Waals surface area contributed by atoms with E-state index in [2.05, 4.69) is 20.7 Å². The lowest BCUT2D eigenvalue weighted by Gasteiger charge is -2.16. The highest BCUT2D eigenvalue weighted by atomic mass is 79.9. The number of sulfonamides is 1. The average molecular weight is 386 g/mol. The van der Waals surface area contributed by atoms with E-state index in [1.807, 2.05) is 0 Å². The second-order valence-electron chi connectivity index (χ2n) is 4.45. The Kier molecular flexibility index (Phi) is 4.38. The number of anilines is 1. The highest BCUT2D eigenvalue weighted by molar-refractivity contribution is 9.10. The molecule has 9 heteroatoms. The third-order valence-electron chi connectivity index (χ3n) is 2.86. The average Bonchev–Trinajstić information content (AvgIpc) is 2.43. The Morgan fingerprint density at radius 2 is 1.86 bits per heavy atom. The van der Waals surface area contributed by atoms with Gasteiger partial charge in [0.2, 0.25) is 0 Å². The molecule has 7 nitrogen and oxygen atoms in total. The number of nitrogens with one attached hydrogen (secondary N) is 1. The van der Waals surface area contributed by atoms with Crippen molar-refractivity contribution < 1.29 is 18.4 Å². The minimum absolute atomic E-state index is 0.0206. The van der Waals surface area contributed by atoms with Crippen LogP contribution in [0.15, 0.2) is 45.8 Å². The lowest BCUT2D eigenvalue weighted by molar-refractivity contribution is -0.385. The van der Waals surface area contributed by atoms with Gasteiger partial charge in [-0.1, -0.05) is 33.8 Å². The second kappa shape index (κ2) is 5.93. The number of benzene rings is 2. The smallest absolute Gasteiger partial charge is 0.271 e. The number of hydrogen-bond acceptors (Lipinski definition) is 5. The molecule has 2 aromatic carbocycles. The van der Waals surface area contributed by atoms with Crippen LogP contribution in [0.4, 0.5) is 11.4 Å². The van der Waals surface area contributed by atoms with Crippen molar-refractivity contribution in [3.05, 3.63) is 56.5 Å². The van der Waals surface area contributed by atoms with E-state index in [0.717, 1.165) is 18.2 Å². The molecule has 0 bridgehead atoms. The number of halogens is 1. The largest absolute Gasteiger partial charge is 0.871 e. The Morgan fingerprint density at radius 1 is 1.18 bits per heavy atom. The Balaban J connectivity index is 2.47. The van der Waals surface area contributed by atoms with Gasteiger partial charge in [0.25, 0.3) is 15.7 Å². The summed E-state index contributed by atoms with van der Waals surface area (Å²) in [6, 6.07) is 7.53. The summed E-state index contributed by atoms with van der Waals surface area (Å²) >= 11 is 3.18. The summed E-state index contributed by atoms with van der Waals surface area (Å²) in [6.07, 6.45) is 0. The second-order valence-corrected chi connectivity index (χ2v) is 7.02. The van der Waals surface area contributed by atoms with E-state index in [0.29, 0.717) is 10.0 Å². The molecule has 0 fully saturated rings. The highest BCUT2D eigenvalue weighted by Gasteiger charge is 2.19. The lowest BCUT2D eigenvalue weighted by atomic mass is 10.2. The van der Waals surface area contributed by atoms with Crippen molar-refractivity contribution in [1.82, 2.24) is 0 Å². The molecule has 0 aromatic heterocycles. The van der Waals surface area contributed by atoms with Crippen LogP contribution in [0.1, 0.15) is 5.56 Å². The molecule has 0 saturated carbocycles. The van der Waals surface area contributed by atoms with Crippen molar-refractivity contribution in [2.75, 3.05) is 4.72 Å². The molecular formula is C13H10BrN2O5S-. The standard InChI is InChI=1S/C13H11BrN2O5S/c1-8-2-3-9(14)6-13(8)22(20,21)15-11-7-10(16(18)19)4-5-12(11)17/h2-7,15,17H,1H3/p-1. The molecule has 1 N–H and O–H groups in total. The van der Waals surface area contributed by atoms with Gasteiger partial charge in [0.15, 0.2) is 0 Å². The molecule has 2 aromatic rings. The zero-order valence-corrected chi connectivity index (χ0v) is 13.6. The van der Waals surface area contributed by atoms with Crippen LogP contribution in [0.3, 0.4) is 0 Å². The first kappa shape index (κ1) is 16.2. The number of rotatable bonds is 4. The van der Waals surface area contributed by atoms with Crippen molar-refractivity contribution in [3.8, 4) is 5.75 Å². The quantitative estimate of drug-likeness (QED) is 0.641. The summed E-state index contributed by atoms with van der Waals surface area (Å²) in [4.78, 5) is 9.99. The minimum Gasteiger partial charge on any atom is -0.871 e. The number of non-ortho nitro benzene ring substituents is 1. The van der Waals surface area contributed by atoms with Crippen molar-refractivity contribution in [2.24, 2.45) is 0 Å². The van der Waals surface area contributed by atoms with Gasteiger partial charge in [-0.25, -0.2) is 8.42 Å². The van der Waals surface area contributed by atoms with Crippen LogP contribution in [-0.2, 0) is 10.0 Å². The van der Waals surface area contributed by atoms with E-state index in [4.69, 9.17) is 0 Å². The first-order valence-corrected chi connectivity index (χ1v) is 8.23. The van der Waals surface area contributed by atoms with Gasteiger partial charge in [0, 0.05) is 22.3 Å². The van der Waals surface area contributed by atoms with Crippen LogP contribution in [0.2, 0.25) is 0 Å². The maximum atomic E-state index is 12.4. The van der Waals surface area contributed by atoms with Crippen LogP contribution >= 0.6 is 15.9 Å². The predicted molar refractivity (Wildman–Crippen MR) is 82.2 cm³/mol. The van der Waals surface area contributed by atoms with Crippen molar-refractivity contribution in [2.45, 2.75) is 11.8 Å². The van der Waals surface area contributed by atoms with Gasteiger partial charge in [-0.2, -0.15) is 0 Å². The van der Waals surface area contributed by atoms with Gasteiger partial charge in [0.1, 0.15) is 0 Å². The van der Waals surface area contributed by atoms with E-state index in [1.54, 1.807) is 19.1 Å². The molecule has 22 heavy (non-hydrogen) atoms. The zero-order valence-electron chi connectivity index (χ0n) is 11.2. The molecule has 116 valence electrons. The van der Waals surface area contributed by atoms with Crippen LogP contribution in [0, 0.1) is 17.0 Å². The van der Waals surface area contributed by atoms with E-state index >= 15 is 0 Å². The normalized spacial score (nSPS) is 11.2. The van der Waals surface area contributed by atoms with Gasteiger partial charge >= 0.3 is 0 Å². The molecule has 0 heterocycles. The molecule has 0 aliphatic heterocycles. The number of hydrogen-bond donors (Lipinski definition) is 1. The zero-order chi connectivity index (χ0) is 16.5. The summed E-state index contributed by atoms with van der Waals surface area (Å²) in [6.45, 7) is 1.60. The maximum absolute atomic E-state index is 12.4. The van der Waals surface area contributed by atoms with Crippen molar-refractivity contribution in [1.29, 1.82) is 0 Å². The molecule has 0 spiro atoms. The number of nitro groups is 1. The van der Waals surface area contributed by atoms with Gasteiger partial charge in [0.05, 0.1) is 9.82 Å². The van der Waals surface area contributed by atoms with E-state index in [-0.39, 0.29) is 16.3 Å². The number of nitro benzene ring substituents is 1. The summed E-state index contributed by atoms with van der Waals surface area (Å²) in [5.74, 6) is -0.651. The van der Waals surface area contributed by atoms with Crippen molar-refractivity contribution in [3.63, 3.8) is 0 Å². The topological polar surface area (TPSA) is 112 Å². The maximum Gasteiger partial charge on any atom is 0.271 e. The Morgan fingerprint density at radius 3 is 2.50 bits per heavy atom. The van der Waals surface area contributed by atoms with E-state index in [9.17, 15) is 23.6 Å². The van der Waals surface area contributed by atoms with Crippen LogP contribution in [-0.4, -0.2) is 13.3 Å². The van der Waals surface area contributed by atoms with Crippen LogP contribution < -0.4 is 9.83 Å². The highest BCUT2D eigenvalue weighted by Crippen LogP contribution is 2.29. The van der Waals surface area contributed by atoms with Crippen LogP contribution in [0.5, 0.6) is 5.75 Å². The van der Waals surface area contributed by atoms with Gasteiger partial charge < -0.3 is 5.11 Å². The summed E-state index contributed by atoms with van der Waals surface area (Å²) in [7, 11) is -4.03. The summed E-state index contributed by atoms with van der Waals surface area (Å²) in [5.41, 5.74) is -0.259. The molecule has 0 radical (unpaired) electrons. The first-order chi connectivity index (χ1) is 10.2. The minimum atomic E-state index is -4.03. The van der Waals surface area contributed by atoms with Gasteiger partial charge in [-0.3, -0.25) is 14.8 Å². The fourth-order valence-corrected chi connectivity index (χ4v) is 3.62. The Bertz CT molecular complexity index is 852. The lowest BCUT2D eigenvalue weighted by Crippen LogP contribution is -2.15.